The van der Waals surface area contributed by atoms with Gasteiger partial charge in [0.15, 0.2) is 6.10 Å². The number of hydrogen-bond acceptors (Lipinski definition) is 3. The Hall–Kier alpha value is -2.23. The first-order chi connectivity index (χ1) is 9.58. The normalized spacial score (nSPS) is 11.9. The molecule has 0 spiro atoms. The molecule has 1 aromatic heterocycles. The lowest BCUT2D eigenvalue weighted by Gasteiger charge is -2.17. The van der Waals surface area contributed by atoms with Crippen molar-refractivity contribution in [3.63, 3.8) is 0 Å². The molecular formula is C16H19NO3. The summed E-state index contributed by atoms with van der Waals surface area (Å²) >= 11 is 0. The largest absolute Gasteiger partial charge is 0.480 e. The fourth-order valence-corrected chi connectivity index (χ4v) is 1.95. The molecule has 0 aliphatic carbocycles. The summed E-state index contributed by atoms with van der Waals surface area (Å²) in [6.07, 6.45) is 1.03. The lowest BCUT2D eigenvalue weighted by molar-refractivity contribution is -0.127. The first-order valence-corrected chi connectivity index (χ1v) is 6.61. The average molecular weight is 273 g/mol. The van der Waals surface area contributed by atoms with Gasteiger partial charge in [0.1, 0.15) is 11.5 Å². The van der Waals surface area contributed by atoms with Gasteiger partial charge in [-0.25, -0.2) is 0 Å². The number of rotatable bonds is 5. The zero-order valence-electron chi connectivity index (χ0n) is 12.0. The molecule has 2 rings (SSSR count). The fraction of sp³-hybridized carbons (Fsp3) is 0.312. The van der Waals surface area contributed by atoms with Crippen molar-refractivity contribution in [2.24, 2.45) is 0 Å². The Bertz CT molecular complexity index is 555. The zero-order valence-corrected chi connectivity index (χ0v) is 12.0. The van der Waals surface area contributed by atoms with E-state index in [1.807, 2.05) is 38.1 Å². The Kier molecular flexibility index (Phi) is 4.45. The third kappa shape index (κ3) is 3.41. The van der Waals surface area contributed by atoms with E-state index in [1.165, 1.54) is 0 Å². The monoisotopic (exact) mass is 273 g/mol. The number of para-hydroxylation sites is 1. The van der Waals surface area contributed by atoms with Crippen molar-refractivity contribution in [1.82, 2.24) is 5.32 Å². The number of carbonyl (C=O) groups is 1. The van der Waals surface area contributed by atoms with Crippen LogP contribution in [0.1, 0.15) is 23.8 Å². The number of aryl methyl sites for hydroxylation is 2. The van der Waals surface area contributed by atoms with Gasteiger partial charge in [-0.2, -0.15) is 0 Å². The standard InChI is InChI=1S/C16H19NO3/c1-11-6-4-7-12(2)15(11)20-13(3)16(18)17-10-14-8-5-9-19-14/h4-9,13H,10H2,1-3H3,(H,17,18)/t13-/m1/s1. The first-order valence-electron chi connectivity index (χ1n) is 6.61. The Labute approximate surface area is 118 Å². The molecule has 4 heteroatoms. The van der Waals surface area contributed by atoms with Crippen LogP contribution in [0.3, 0.4) is 0 Å². The molecule has 0 saturated heterocycles. The maximum Gasteiger partial charge on any atom is 0.261 e. The summed E-state index contributed by atoms with van der Waals surface area (Å²) in [6.45, 7) is 6.04. The highest BCUT2D eigenvalue weighted by molar-refractivity contribution is 5.80. The van der Waals surface area contributed by atoms with Crippen LogP contribution >= 0.6 is 0 Å². The van der Waals surface area contributed by atoms with Crippen LogP contribution in [0.25, 0.3) is 0 Å². The predicted octanol–water partition coefficient (Wildman–Crippen LogP) is 2.98. The number of nitrogens with one attached hydrogen (secondary N) is 1. The van der Waals surface area contributed by atoms with Gasteiger partial charge >= 0.3 is 0 Å². The van der Waals surface area contributed by atoms with E-state index in [0.29, 0.717) is 6.54 Å². The van der Waals surface area contributed by atoms with Gasteiger partial charge in [0.25, 0.3) is 5.91 Å². The predicted molar refractivity (Wildman–Crippen MR) is 76.6 cm³/mol. The Morgan fingerprint density at radius 2 is 1.95 bits per heavy atom. The van der Waals surface area contributed by atoms with Crippen LogP contribution in [0.2, 0.25) is 0 Å². The second kappa shape index (κ2) is 6.28. The number of amides is 1. The van der Waals surface area contributed by atoms with Crippen LogP contribution in [0.4, 0.5) is 0 Å². The van der Waals surface area contributed by atoms with Crippen molar-refractivity contribution < 1.29 is 13.9 Å². The van der Waals surface area contributed by atoms with E-state index in [2.05, 4.69) is 5.32 Å². The lowest BCUT2D eigenvalue weighted by Crippen LogP contribution is -2.36. The molecule has 1 atom stereocenters. The third-order valence-electron chi connectivity index (χ3n) is 3.09. The smallest absolute Gasteiger partial charge is 0.261 e. The zero-order chi connectivity index (χ0) is 14.5. The van der Waals surface area contributed by atoms with Crippen LogP contribution in [-0.2, 0) is 11.3 Å². The van der Waals surface area contributed by atoms with Gasteiger partial charge in [-0.3, -0.25) is 4.79 Å². The van der Waals surface area contributed by atoms with Crippen molar-refractivity contribution in [3.05, 3.63) is 53.5 Å². The highest BCUT2D eigenvalue weighted by Gasteiger charge is 2.16. The van der Waals surface area contributed by atoms with Crippen molar-refractivity contribution in [2.75, 3.05) is 0 Å². The van der Waals surface area contributed by atoms with Gasteiger partial charge in [0.2, 0.25) is 0 Å². The Morgan fingerprint density at radius 3 is 2.55 bits per heavy atom. The van der Waals surface area contributed by atoms with Gasteiger partial charge in [0, 0.05) is 0 Å². The van der Waals surface area contributed by atoms with E-state index in [4.69, 9.17) is 9.15 Å². The quantitative estimate of drug-likeness (QED) is 0.911. The SMILES string of the molecule is Cc1cccc(C)c1O[C@H](C)C(=O)NCc1ccco1. The molecule has 0 aliphatic rings. The minimum atomic E-state index is -0.551. The number of hydrogen-bond donors (Lipinski definition) is 1. The Morgan fingerprint density at radius 1 is 1.25 bits per heavy atom. The van der Waals surface area contributed by atoms with E-state index >= 15 is 0 Å². The molecule has 0 unspecified atom stereocenters. The molecule has 1 N–H and O–H groups in total. The van der Waals surface area contributed by atoms with Crippen molar-refractivity contribution in [3.8, 4) is 5.75 Å². The second-order valence-electron chi connectivity index (χ2n) is 4.78. The maximum absolute atomic E-state index is 12.0. The van der Waals surface area contributed by atoms with E-state index in [9.17, 15) is 4.79 Å². The van der Waals surface area contributed by atoms with Crippen LogP contribution in [-0.4, -0.2) is 12.0 Å². The topological polar surface area (TPSA) is 51.5 Å². The summed E-state index contributed by atoms with van der Waals surface area (Å²) < 4.78 is 10.9. The molecule has 2 aromatic rings. The molecule has 0 aliphatic heterocycles. The molecule has 1 heterocycles. The molecule has 4 nitrogen and oxygen atoms in total. The highest BCUT2D eigenvalue weighted by atomic mass is 16.5. The second-order valence-corrected chi connectivity index (χ2v) is 4.78. The van der Waals surface area contributed by atoms with Gasteiger partial charge in [-0.1, -0.05) is 18.2 Å². The number of ether oxygens (including phenoxy) is 1. The number of carbonyl (C=O) groups excluding carboxylic acids is 1. The molecule has 106 valence electrons. The van der Waals surface area contributed by atoms with Gasteiger partial charge in [-0.05, 0) is 44.0 Å². The van der Waals surface area contributed by atoms with Gasteiger partial charge in [-0.15, -0.1) is 0 Å². The lowest BCUT2D eigenvalue weighted by atomic mass is 10.1. The summed E-state index contributed by atoms with van der Waals surface area (Å²) in [6, 6.07) is 9.51. The minimum absolute atomic E-state index is 0.163. The average Bonchev–Trinajstić information content (AvgIpc) is 2.93. The van der Waals surface area contributed by atoms with Crippen molar-refractivity contribution >= 4 is 5.91 Å². The van der Waals surface area contributed by atoms with E-state index in [1.54, 1.807) is 19.3 Å². The van der Waals surface area contributed by atoms with Crippen molar-refractivity contribution in [2.45, 2.75) is 33.4 Å². The number of benzene rings is 1. The summed E-state index contributed by atoms with van der Waals surface area (Å²) in [5, 5.41) is 2.79. The van der Waals surface area contributed by atoms with E-state index in [-0.39, 0.29) is 5.91 Å². The van der Waals surface area contributed by atoms with E-state index in [0.717, 1.165) is 22.6 Å². The van der Waals surface area contributed by atoms with Gasteiger partial charge in [0.05, 0.1) is 12.8 Å². The molecule has 1 aromatic carbocycles. The van der Waals surface area contributed by atoms with Crippen LogP contribution in [0.15, 0.2) is 41.0 Å². The van der Waals surface area contributed by atoms with Crippen LogP contribution in [0.5, 0.6) is 5.75 Å². The highest BCUT2D eigenvalue weighted by Crippen LogP contribution is 2.23. The van der Waals surface area contributed by atoms with Crippen molar-refractivity contribution in [1.29, 1.82) is 0 Å². The van der Waals surface area contributed by atoms with E-state index < -0.39 is 6.10 Å². The summed E-state index contributed by atoms with van der Waals surface area (Å²) in [5.74, 6) is 1.33. The minimum Gasteiger partial charge on any atom is -0.480 e. The van der Waals surface area contributed by atoms with Crippen LogP contribution in [0, 0.1) is 13.8 Å². The molecule has 20 heavy (non-hydrogen) atoms. The summed E-state index contributed by atoms with van der Waals surface area (Å²) in [4.78, 5) is 12.0. The maximum atomic E-state index is 12.0. The molecule has 0 bridgehead atoms. The number of furan rings is 1. The molecule has 0 radical (unpaired) electrons. The summed E-state index contributed by atoms with van der Waals surface area (Å²) in [7, 11) is 0. The fourth-order valence-electron chi connectivity index (χ4n) is 1.95. The Balaban J connectivity index is 1.94. The molecular weight excluding hydrogens is 254 g/mol. The molecule has 0 saturated carbocycles. The molecule has 0 fully saturated rings. The first kappa shape index (κ1) is 14.2. The summed E-state index contributed by atoms with van der Waals surface area (Å²) in [5.41, 5.74) is 2.05. The molecule has 1 amide bonds. The van der Waals surface area contributed by atoms with Crippen LogP contribution < -0.4 is 10.1 Å². The van der Waals surface area contributed by atoms with Gasteiger partial charge < -0.3 is 14.5 Å². The third-order valence-corrected chi connectivity index (χ3v) is 3.09.